The number of carbonyl (C=O) groups excluding carboxylic acids is 1. The van der Waals surface area contributed by atoms with Gasteiger partial charge in [0.25, 0.3) is 0 Å². The van der Waals surface area contributed by atoms with Crippen molar-refractivity contribution in [3.63, 3.8) is 0 Å². The first-order chi connectivity index (χ1) is 10.5. The number of fused-ring (bicyclic) bond motifs is 1. The number of morpholine rings is 1. The number of hydrogen-bond donors (Lipinski definition) is 1. The van der Waals surface area contributed by atoms with Crippen LogP contribution in [0.3, 0.4) is 0 Å². The summed E-state index contributed by atoms with van der Waals surface area (Å²) in [5.74, 6) is -0.0259. The number of nitrogens with one attached hydrogen (secondary N) is 1. The van der Waals surface area contributed by atoms with Gasteiger partial charge < -0.3 is 10.1 Å². The normalized spacial score (nSPS) is 23.0. The van der Waals surface area contributed by atoms with Crippen LogP contribution in [0.15, 0.2) is 23.1 Å². The summed E-state index contributed by atoms with van der Waals surface area (Å²) in [4.78, 5) is 11.7. The molecule has 0 bridgehead atoms. The second-order valence-corrected chi connectivity index (χ2v) is 7.57. The molecule has 0 aliphatic carbocycles. The van der Waals surface area contributed by atoms with E-state index in [2.05, 4.69) is 5.32 Å². The van der Waals surface area contributed by atoms with Gasteiger partial charge in [-0.25, -0.2) is 8.42 Å². The minimum absolute atomic E-state index is 0.0259. The highest BCUT2D eigenvalue weighted by atomic mass is 32.2. The van der Waals surface area contributed by atoms with Gasteiger partial charge in [0.15, 0.2) is 0 Å². The van der Waals surface area contributed by atoms with E-state index in [-0.39, 0.29) is 12.0 Å². The Labute approximate surface area is 130 Å². The molecule has 6 nitrogen and oxygen atoms in total. The minimum atomic E-state index is -3.51. The van der Waals surface area contributed by atoms with Crippen molar-refractivity contribution in [3.8, 4) is 0 Å². The number of benzene rings is 1. The number of rotatable bonds is 3. The third-order valence-electron chi connectivity index (χ3n) is 4.17. The Morgan fingerprint density at radius 3 is 2.95 bits per heavy atom. The van der Waals surface area contributed by atoms with Crippen molar-refractivity contribution in [1.82, 2.24) is 4.31 Å². The average Bonchev–Trinajstić information content (AvgIpc) is 2.54. The SMILES string of the molecule is CC[C@@H]1CN(S(=O)(=O)c2ccc3c(c2)CCC(=O)N3)CCO1. The Bertz CT molecular complexity index is 687. The quantitative estimate of drug-likeness (QED) is 0.911. The van der Waals surface area contributed by atoms with E-state index in [1.807, 2.05) is 6.92 Å². The number of aryl methyl sites for hydroxylation is 1. The Hall–Kier alpha value is -1.44. The predicted molar refractivity (Wildman–Crippen MR) is 82.2 cm³/mol. The Kier molecular flexibility index (Phi) is 4.20. The molecule has 1 fully saturated rings. The lowest BCUT2D eigenvalue weighted by molar-refractivity contribution is -0.116. The van der Waals surface area contributed by atoms with Crippen molar-refractivity contribution in [3.05, 3.63) is 23.8 Å². The summed E-state index contributed by atoms with van der Waals surface area (Å²) in [5, 5.41) is 2.77. The van der Waals surface area contributed by atoms with Gasteiger partial charge in [0, 0.05) is 25.2 Å². The van der Waals surface area contributed by atoms with E-state index in [9.17, 15) is 13.2 Å². The van der Waals surface area contributed by atoms with Gasteiger partial charge in [-0.2, -0.15) is 4.31 Å². The van der Waals surface area contributed by atoms with Crippen LogP contribution in [0.5, 0.6) is 0 Å². The van der Waals surface area contributed by atoms with E-state index in [1.165, 1.54) is 4.31 Å². The fourth-order valence-corrected chi connectivity index (χ4v) is 4.33. The van der Waals surface area contributed by atoms with Crippen molar-refractivity contribution >= 4 is 21.6 Å². The standard InChI is InChI=1S/C15H20N2O4S/c1-2-12-10-17(7-8-21-12)22(19,20)13-4-5-14-11(9-13)3-6-15(18)16-14/h4-5,9,12H,2-3,6-8,10H2,1H3,(H,16,18)/t12-/m1/s1. The summed E-state index contributed by atoms with van der Waals surface area (Å²) in [6.45, 7) is 3.19. The number of hydrogen-bond acceptors (Lipinski definition) is 4. The molecule has 1 aromatic rings. The summed E-state index contributed by atoms with van der Waals surface area (Å²) < 4.78 is 32.6. The lowest BCUT2D eigenvalue weighted by Gasteiger charge is -2.32. The molecule has 2 aliphatic rings. The smallest absolute Gasteiger partial charge is 0.243 e. The molecule has 0 radical (unpaired) electrons. The molecule has 7 heteroatoms. The lowest BCUT2D eigenvalue weighted by Crippen LogP contribution is -2.45. The Balaban J connectivity index is 1.88. The van der Waals surface area contributed by atoms with Gasteiger partial charge in [-0.05, 0) is 36.6 Å². The van der Waals surface area contributed by atoms with Crippen LogP contribution in [-0.4, -0.2) is 44.4 Å². The molecule has 2 heterocycles. The molecule has 3 rings (SSSR count). The molecular weight excluding hydrogens is 304 g/mol. The summed E-state index contributed by atoms with van der Waals surface area (Å²) in [6.07, 6.45) is 1.72. The minimum Gasteiger partial charge on any atom is -0.375 e. The molecule has 1 saturated heterocycles. The van der Waals surface area contributed by atoms with Crippen LogP contribution < -0.4 is 5.32 Å². The summed E-state index contributed by atoms with van der Waals surface area (Å²) in [6, 6.07) is 4.92. The zero-order valence-electron chi connectivity index (χ0n) is 12.5. The molecule has 1 amide bonds. The zero-order chi connectivity index (χ0) is 15.7. The molecule has 2 aliphatic heterocycles. The second-order valence-electron chi connectivity index (χ2n) is 5.63. The fourth-order valence-electron chi connectivity index (χ4n) is 2.83. The zero-order valence-corrected chi connectivity index (χ0v) is 13.4. The van der Waals surface area contributed by atoms with Crippen molar-refractivity contribution in [2.75, 3.05) is 25.0 Å². The second kappa shape index (κ2) is 5.98. The molecule has 0 aromatic heterocycles. The van der Waals surface area contributed by atoms with Crippen LogP contribution in [0.4, 0.5) is 5.69 Å². The van der Waals surface area contributed by atoms with Gasteiger partial charge >= 0.3 is 0 Å². The van der Waals surface area contributed by atoms with E-state index in [0.717, 1.165) is 12.0 Å². The van der Waals surface area contributed by atoms with Crippen molar-refractivity contribution < 1.29 is 17.9 Å². The Morgan fingerprint density at radius 1 is 1.36 bits per heavy atom. The third kappa shape index (κ3) is 2.88. The topological polar surface area (TPSA) is 75.7 Å². The van der Waals surface area contributed by atoms with E-state index < -0.39 is 10.0 Å². The number of nitrogens with zero attached hydrogens (tertiary/aromatic N) is 1. The van der Waals surface area contributed by atoms with Gasteiger partial charge in [0.1, 0.15) is 0 Å². The maximum atomic E-state index is 12.8. The molecule has 0 unspecified atom stereocenters. The van der Waals surface area contributed by atoms with Gasteiger partial charge in [0.05, 0.1) is 17.6 Å². The van der Waals surface area contributed by atoms with E-state index in [4.69, 9.17) is 4.74 Å². The fraction of sp³-hybridized carbons (Fsp3) is 0.533. The first-order valence-corrected chi connectivity index (χ1v) is 8.99. The Morgan fingerprint density at radius 2 is 2.18 bits per heavy atom. The summed E-state index contributed by atoms with van der Waals surface area (Å²) in [5.41, 5.74) is 1.59. The van der Waals surface area contributed by atoms with Crippen LogP contribution in [0, 0.1) is 0 Å². The van der Waals surface area contributed by atoms with Gasteiger partial charge in [-0.3, -0.25) is 4.79 Å². The molecule has 1 atom stereocenters. The number of carbonyl (C=O) groups is 1. The molecule has 120 valence electrons. The summed E-state index contributed by atoms with van der Waals surface area (Å²) >= 11 is 0. The van der Waals surface area contributed by atoms with E-state index in [1.54, 1.807) is 18.2 Å². The monoisotopic (exact) mass is 324 g/mol. The van der Waals surface area contributed by atoms with E-state index in [0.29, 0.717) is 43.1 Å². The highest BCUT2D eigenvalue weighted by Gasteiger charge is 2.30. The first kappa shape index (κ1) is 15.5. The average molecular weight is 324 g/mol. The van der Waals surface area contributed by atoms with Crippen molar-refractivity contribution in [1.29, 1.82) is 0 Å². The van der Waals surface area contributed by atoms with Gasteiger partial charge in [-0.1, -0.05) is 6.92 Å². The molecule has 0 spiro atoms. The largest absolute Gasteiger partial charge is 0.375 e. The first-order valence-electron chi connectivity index (χ1n) is 7.55. The van der Waals surface area contributed by atoms with Crippen LogP contribution in [0.1, 0.15) is 25.3 Å². The number of amides is 1. The van der Waals surface area contributed by atoms with Crippen molar-refractivity contribution in [2.24, 2.45) is 0 Å². The number of sulfonamides is 1. The maximum absolute atomic E-state index is 12.8. The van der Waals surface area contributed by atoms with Crippen molar-refractivity contribution in [2.45, 2.75) is 37.2 Å². The van der Waals surface area contributed by atoms with E-state index >= 15 is 0 Å². The number of ether oxygens (including phenoxy) is 1. The highest BCUT2D eigenvalue weighted by Crippen LogP contribution is 2.27. The predicted octanol–water partition coefficient (Wildman–Crippen LogP) is 1.37. The van der Waals surface area contributed by atoms with Crippen LogP contribution in [-0.2, 0) is 26.0 Å². The molecule has 1 N–H and O–H groups in total. The van der Waals surface area contributed by atoms with Crippen LogP contribution in [0.2, 0.25) is 0 Å². The van der Waals surface area contributed by atoms with Gasteiger partial charge in [0.2, 0.25) is 15.9 Å². The molecule has 0 saturated carbocycles. The third-order valence-corrected chi connectivity index (χ3v) is 6.03. The number of anilines is 1. The highest BCUT2D eigenvalue weighted by molar-refractivity contribution is 7.89. The summed E-state index contributed by atoms with van der Waals surface area (Å²) in [7, 11) is -3.51. The van der Waals surface area contributed by atoms with Crippen LogP contribution in [0.25, 0.3) is 0 Å². The molecule has 1 aromatic carbocycles. The molecular formula is C15H20N2O4S. The molecule has 22 heavy (non-hydrogen) atoms. The maximum Gasteiger partial charge on any atom is 0.243 e. The van der Waals surface area contributed by atoms with Crippen LogP contribution >= 0.6 is 0 Å². The lowest BCUT2D eigenvalue weighted by atomic mass is 10.0. The van der Waals surface area contributed by atoms with Gasteiger partial charge in [-0.15, -0.1) is 0 Å².